The van der Waals surface area contributed by atoms with Crippen molar-refractivity contribution in [1.29, 1.82) is 0 Å². The first kappa shape index (κ1) is 25.0. The summed E-state index contributed by atoms with van der Waals surface area (Å²) in [5.74, 6) is 0.609. The predicted octanol–water partition coefficient (Wildman–Crippen LogP) is 9.72. The van der Waals surface area contributed by atoms with Crippen LogP contribution in [0.25, 0.3) is 6.08 Å². The van der Waals surface area contributed by atoms with Crippen molar-refractivity contribution in [2.45, 2.75) is 65.7 Å². The molecule has 2 aromatic rings. The molecule has 4 rings (SSSR count). The lowest BCUT2D eigenvalue weighted by Gasteiger charge is -2.35. The largest absolute Gasteiger partial charge is 0.0955 e. The van der Waals surface area contributed by atoms with E-state index in [9.17, 15) is 0 Å². The molecule has 0 N–H and O–H groups in total. The van der Waals surface area contributed by atoms with E-state index in [2.05, 4.69) is 114 Å². The van der Waals surface area contributed by atoms with Crippen molar-refractivity contribution >= 4 is 6.08 Å². The molecule has 2 aromatic carbocycles. The molecule has 1 saturated carbocycles. The number of fused-ring (bicyclic) bond motifs is 1. The number of hydrogen-bond acceptors (Lipinski definition) is 0. The monoisotopic (exact) mass is 460 g/mol. The van der Waals surface area contributed by atoms with Gasteiger partial charge in [-0.15, -0.1) is 0 Å². The van der Waals surface area contributed by atoms with Crippen LogP contribution in [0.2, 0.25) is 0 Å². The second kappa shape index (κ2) is 11.1. The lowest BCUT2D eigenvalue weighted by molar-refractivity contribution is 0.618. The molecule has 0 heterocycles. The molecule has 0 aromatic heterocycles. The van der Waals surface area contributed by atoms with E-state index >= 15 is 0 Å². The van der Waals surface area contributed by atoms with Crippen LogP contribution in [0.4, 0.5) is 0 Å². The van der Waals surface area contributed by atoms with Gasteiger partial charge >= 0.3 is 0 Å². The fraction of sp³-hybridized carbons (Fsp3) is 0.314. The Morgan fingerprint density at radius 3 is 2.40 bits per heavy atom. The second-order valence-corrected chi connectivity index (χ2v) is 10.0. The van der Waals surface area contributed by atoms with Crippen molar-refractivity contribution in [2.24, 2.45) is 5.92 Å². The van der Waals surface area contributed by atoms with Crippen LogP contribution in [0.1, 0.15) is 75.1 Å². The van der Waals surface area contributed by atoms with E-state index < -0.39 is 0 Å². The van der Waals surface area contributed by atoms with Gasteiger partial charge in [-0.1, -0.05) is 124 Å². The maximum atomic E-state index is 4.67. The molecule has 0 spiro atoms. The van der Waals surface area contributed by atoms with Crippen LogP contribution in [-0.2, 0) is 12.8 Å². The standard InChI is InChI=1S/C35H40/c1-7-14-24(4)33-25(5)21-32-23-30(18-13-17-27-15-11-10-12-16-27)26(6)34(32)35(33)31-20-19-28(8-2)29(9-3)22-31/h10-13,15-22,34-35H,4,6-9,14,23H2,1-3,5H3/b17-13+,30-18+. The Morgan fingerprint density at radius 1 is 0.971 bits per heavy atom. The van der Waals surface area contributed by atoms with Gasteiger partial charge in [0.2, 0.25) is 0 Å². The first-order valence-corrected chi connectivity index (χ1v) is 13.3. The van der Waals surface area contributed by atoms with Gasteiger partial charge in [-0.2, -0.15) is 0 Å². The van der Waals surface area contributed by atoms with E-state index in [4.69, 9.17) is 0 Å². The molecular formula is C35H40. The Bertz CT molecular complexity index is 1230. The summed E-state index contributed by atoms with van der Waals surface area (Å²) in [4.78, 5) is 0. The lowest BCUT2D eigenvalue weighted by Crippen LogP contribution is -2.21. The molecule has 180 valence electrons. The molecule has 35 heavy (non-hydrogen) atoms. The van der Waals surface area contributed by atoms with Gasteiger partial charge in [-0.3, -0.25) is 0 Å². The van der Waals surface area contributed by atoms with E-state index in [-0.39, 0.29) is 0 Å². The SMILES string of the molecule is C=C(CCC)C1=C(C)C=C2C/C(=C\C=C\c3ccccc3)C(=C)C2C1c1ccc(CC)c(CC)c1. The van der Waals surface area contributed by atoms with Gasteiger partial charge in [0, 0.05) is 11.8 Å². The summed E-state index contributed by atoms with van der Waals surface area (Å²) >= 11 is 0. The minimum Gasteiger partial charge on any atom is -0.0955 e. The number of aryl methyl sites for hydroxylation is 2. The molecule has 0 aliphatic heterocycles. The van der Waals surface area contributed by atoms with Gasteiger partial charge in [0.15, 0.2) is 0 Å². The van der Waals surface area contributed by atoms with Crippen LogP contribution in [0.15, 0.2) is 113 Å². The number of allylic oxidation sites excluding steroid dienone is 9. The fourth-order valence-electron chi connectivity index (χ4n) is 6.00. The maximum Gasteiger partial charge on any atom is 0.0201 e. The van der Waals surface area contributed by atoms with E-state index in [0.29, 0.717) is 11.8 Å². The van der Waals surface area contributed by atoms with Gasteiger partial charge in [-0.05, 0) is 77.2 Å². The zero-order valence-electron chi connectivity index (χ0n) is 22.0. The summed E-state index contributed by atoms with van der Waals surface area (Å²) in [6.45, 7) is 18.3. The van der Waals surface area contributed by atoms with E-state index in [1.807, 2.05) is 0 Å². The number of hydrogen-bond donors (Lipinski definition) is 0. The molecule has 2 aliphatic carbocycles. The Balaban J connectivity index is 1.76. The van der Waals surface area contributed by atoms with E-state index in [1.54, 1.807) is 0 Å². The van der Waals surface area contributed by atoms with Gasteiger partial charge in [0.25, 0.3) is 0 Å². The zero-order chi connectivity index (χ0) is 24.9. The molecule has 0 bridgehead atoms. The van der Waals surface area contributed by atoms with Gasteiger partial charge < -0.3 is 0 Å². The molecular weight excluding hydrogens is 420 g/mol. The maximum absolute atomic E-state index is 4.67. The lowest BCUT2D eigenvalue weighted by atomic mass is 9.68. The highest BCUT2D eigenvalue weighted by atomic mass is 14.4. The third-order valence-corrected chi connectivity index (χ3v) is 7.72. The highest BCUT2D eigenvalue weighted by Crippen LogP contribution is 2.55. The van der Waals surface area contributed by atoms with Crippen LogP contribution in [0.3, 0.4) is 0 Å². The summed E-state index contributed by atoms with van der Waals surface area (Å²) in [5.41, 5.74) is 13.8. The number of rotatable bonds is 8. The van der Waals surface area contributed by atoms with Gasteiger partial charge in [0.05, 0.1) is 0 Å². The second-order valence-electron chi connectivity index (χ2n) is 10.0. The molecule has 0 radical (unpaired) electrons. The van der Waals surface area contributed by atoms with Crippen molar-refractivity contribution in [3.63, 3.8) is 0 Å². The molecule has 2 atom stereocenters. The van der Waals surface area contributed by atoms with E-state index in [1.165, 1.54) is 55.7 Å². The van der Waals surface area contributed by atoms with Crippen LogP contribution in [0, 0.1) is 5.92 Å². The first-order valence-electron chi connectivity index (χ1n) is 13.3. The minimum atomic E-state index is 0.293. The summed E-state index contributed by atoms with van der Waals surface area (Å²) in [7, 11) is 0. The number of benzene rings is 2. The smallest absolute Gasteiger partial charge is 0.0201 e. The molecule has 2 aliphatic rings. The zero-order valence-corrected chi connectivity index (χ0v) is 22.0. The third-order valence-electron chi connectivity index (χ3n) is 7.72. The summed E-state index contributed by atoms with van der Waals surface area (Å²) in [6, 6.07) is 17.7. The summed E-state index contributed by atoms with van der Waals surface area (Å²) < 4.78 is 0. The molecule has 2 unspecified atom stereocenters. The van der Waals surface area contributed by atoms with Crippen molar-refractivity contribution in [3.05, 3.63) is 136 Å². The first-order chi connectivity index (χ1) is 17.0. The topological polar surface area (TPSA) is 0 Å². The van der Waals surface area contributed by atoms with Crippen molar-refractivity contribution in [3.8, 4) is 0 Å². The Hall–Kier alpha value is -3.12. The van der Waals surface area contributed by atoms with Crippen LogP contribution < -0.4 is 0 Å². The third kappa shape index (κ3) is 5.13. The highest BCUT2D eigenvalue weighted by Gasteiger charge is 2.40. The minimum absolute atomic E-state index is 0.293. The predicted molar refractivity (Wildman–Crippen MR) is 154 cm³/mol. The van der Waals surface area contributed by atoms with Gasteiger partial charge in [0.1, 0.15) is 0 Å². The fourth-order valence-corrected chi connectivity index (χ4v) is 6.00. The van der Waals surface area contributed by atoms with E-state index in [0.717, 1.165) is 32.1 Å². The quantitative estimate of drug-likeness (QED) is 0.368. The van der Waals surface area contributed by atoms with Crippen molar-refractivity contribution < 1.29 is 0 Å². The van der Waals surface area contributed by atoms with Gasteiger partial charge in [-0.25, -0.2) is 0 Å². The molecule has 0 saturated heterocycles. The molecule has 1 fully saturated rings. The van der Waals surface area contributed by atoms with Crippen LogP contribution in [-0.4, -0.2) is 0 Å². The average Bonchev–Trinajstić information content (AvgIpc) is 3.18. The normalized spacial score (nSPS) is 21.1. The summed E-state index contributed by atoms with van der Waals surface area (Å²) in [6.07, 6.45) is 14.4. The molecule has 0 heteroatoms. The molecule has 0 amide bonds. The van der Waals surface area contributed by atoms with Crippen molar-refractivity contribution in [1.82, 2.24) is 0 Å². The van der Waals surface area contributed by atoms with Crippen LogP contribution >= 0.6 is 0 Å². The molecule has 0 nitrogen and oxygen atoms in total. The average molecular weight is 461 g/mol. The van der Waals surface area contributed by atoms with Crippen LogP contribution in [0.5, 0.6) is 0 Å². The Morgan fingerprint density at radius 2 is 1.71 bits per heavy atom. The highest BCUT2D eigenvalue weighted by molar-refractivity contribution is 5.62. The Kier molecular flexibility index (Phi) is 7.91. The Labute approximate surface area is 213 Å². The summed E-state index contributed by atoms with van der Waals surface area (Å²) in [5, 5.41) is 0. The van der Waals surface area contributed by atoms with Crippen molar-refractivity contribution in [2.75, 3.05) is 0 Å².